The number of hydrogen-bond acceptors (Lipinski definition) is 3. The first-order valence-corrected chi connectivity index (χ1v) is 5.53. The molecular formula is C10H18ClNO2. The van der Waals surface area contributed by atoms with E-state index in [0.29, 0.717) is 12.0 Å². The standard InChI is InChI=1S/C10H18ClNO2/c1-7-6-12(3)8(2)4-9(7)14-10(13)5-11/h7-9H,4-6H2,1-3H3. The van der Waals surface area contributed by atoms with Gasteiger partial charge in [-0.05, 0) is 20.4 Å². The van der Waals surface area contributed by atoms with Gasteiger partial charge in [0.25, 0.3) is 0 Å². The van der Waals surface area contributed by atoms with Crippen molar-refractivity contribution in [3.05, 3.63) is 0 Å². The van der Waals surface area contributed by atoms with Gasteiger partial charge in [0.1, 0.15) is 12.0 Å². The van der Waals surface area contributed by atoms with Crippen molar-refractivity contribution in [1.29, 1.82) is 0 Å². The molecule has 3 unspecified atom stereocenters. The number of rotatable bonds is 2. The minimum absolute atomic E-state index is 0.0347. The second-order valence-electron chi connectivity index (χ2n) is 4.16. The number of carbonyl (C=O) groups is 1. The molecule has 0 spiro atoms. The summed E-state index contributed by atoms with van der Waals surface area (Å²) in [5.74, 6) is 0.0385. The number of halogens is 1. The van der Waals surface area contributed by atoms with E-state index >= 15 is 0 Å². The first-order valence-electron chi connectivity index (χ1n) is 5.00. The second kappa shape index (κ2) is 4.99. The minimum atomic E-state index is -0.305. The van der Waals surface area contributed by atoms with Crippen LogP contribution >= 0.6 is 11.6 Å². The van der Waals surface area contributed by atoms with Gasteiger partial charge in [-0.1, -0.05) is 6.92 Å². The lowest BCUT2D eigenvalue weighted by molar-refractivity contribution is -0.152. The van der Waals surface area contributed by atoms with Crippen molar-refractivity contribution in [3.8, 4) is 0 Å². The van der Waals surface area contributed by atoms with E-state index in [2.05, 4.69) is 25.8 Å². The summed E-state index contributed by atoms with van der Waals surface area (Å²) in [7, 11) is 2.10. The number of likely N-dealkylation sites (tertiary alicyclic amines) is 1. The maximum atomic E-state index is 11.0. The molecule has 0 saturated carbocycles. The van der Waals surface area contributed by atoms with E-state index in [1.807, 2.05) is 0 Å². The lowest BCUT2D eigenvalue weighted by Gasteiger charge is -2.38. The Hall–Kier alpha value is -0.280. The fraction of sp³-hybridized carbons (Fsp3) is 0.900. The number of carbonyl (C=O) groups excluding carboxylic acids is 1. The Morgan fingerprint density at radius 3 is 2.79 bits per heavy atom. The number of ether oxygens (including phenoxy) is 1. The smallest absolute Gasteiger partial charge is 0.321 e. The summed E-state index contributed by atoms with van der Waals surface area (Å²) >= 11 is 5.40. The Morgan fingerprint density at radius 1 is 1.57 bits per heavy atom. The van der Waals surface area contributed by atoms with Crippen LogP contribution in [0.25, 0.3) is 0 Å². The van der Waals surface area contributed by atoms with Crippen LogP contribution in [-0.2, 0) is 9.53 Å². The van der Waals surface area contributed by atoms with E-state index in [0.717, 1.165) is 13.0 Å². The number of hydrogen-bond donors (Lipinski definition) is 0. The van der Waals surface area contributed by atoms with Gasteiger partial charge in [0.05, 0.1) is 0 Å². The average Bonchev–Trinajstić information content (AvgIpc) is 2.14. The predicted octanol–water partition coefficient (Wildman–Crippen LogP) is 1.50. The maximum Gasteiger partial charge on any atom is 0.321 e. The van der Waals surface area contributed by atoms with Crippen LogP contribution in [0.2, 0.25) is 0 Å². The summed E-state index contributed by atoms with van der Waals surface area (Å²) in [6.07, 6.45) is 0.938. The van der Waals surface area contributed by atoms with Crippen LogP contribution in [-0.4, -0.2) is 42.5 Å². The van der Waals surface area contributed by atoms with Crippen LogP contribution in [0.15, 0.2) is 0 Å². The first kappa shape index (κ1) is 11.8. The maximum absolute atomic E-state index is 11.0. The summed E-state index contributed by atoms with van der Waals surface area (Å²) < 4.78 is 5.27. The third-order valence-electron chi connectivity index (χ3n) is 2.93. The topological polar surface area (TPSA) is 29.5 Å². The Morgan fingerprint density at radius 2 is 2.21 bits per heavy atom. The zero-order valence-corrected chi connectivity index (χ0v) is 9.75. The lowest BCUT2D eigenvalue weighted by Crippen LogP contribution is -2.46. The molecule has 0 aromatic rings. The molecule has 1 fully saturated rings. The first-order chi connectivity index (χ1) is 6.54. The van der Waals surface area contributed by atoms with Crippen LogP contribution in [0, 0.1) is 5.92 Å². The molecule has 1 aliphatic rings. The molecule has 1 heterocycles. The van der Waals surface area contributed by atoms with Crippen LogP contribution < -0.4 is 0 Å². The average molecular weight is 220 g/mol. The highest BCUT2D eigenvalue weighted by Crippen LogP contribution is 2.23. The monoisotopic (exact) mass is 219 g/mol. The summed E-state index contributed by atoms with van der Waals surface area (Å²) in [4.78, 5) is 13.3. The van der Waals surface area contributed by atoms with Crippen LogP contribution in [0.1, 0.15) is 20.3 Å². The number of piperidine rings is 1. The van der Waals surface area contributed by atoms with E-state index in [-0.39, 0.29) is 18.0 Å². The van der Waals surface area contributed by atoms with Crippen molar-refractivity contribution >= 4 is 17.6 Å². The SMILES string of the molecule is CC1CN(C)C(C)CC1OC(=O)CCl. The molecule has 0 aliphatic carbocycles. The van der Waals surface area contributed by atoms with Gasteiger partial charge in [-0.2, -0.15) is 0 Å². The Kier molecular flexibility index (Phi) is 4.20. The second-order valence-corrected chi connectivity index (χ2v) is 4.43. The quantitative estimate of drug-likeness (QED) is 0.521. The van der Waals surface area contributed by atoms with Gasteiger partial charge < -0.3 is 9.64 Å². The molecular weight excluding hydrogens is 202 g/mol. The van der Waals surface area contributed by atoms with Crippen LogP contribution in [0.3, 0.4) is 0 Å². The molecule has 1 aliphatic heterocycles. The molecule has 0 amide bonds. The number of nitrogens with zero attached hydrogens (tertiary/aromatic N) is 1. The number of alkyl halides is 1. The normalized spacial score (nSPS) is 34.1. The highest BCUT2D eigenvalue weighted by atomic mass is 35.5. The molecule has 82 valence electrons. The molecule has 4 heteroatoms. The molecule has 0 N–H and O–H groups in total. The van der Waals surface area contributed by atoms with Gasteiger partial charge >= 0.3 is 5.97 Å². The van der Waals surface area contributed by atoms with E-state index in [1.54, 1.807) is 0 Å². The van der Waals surface area contributed by atoms with E-state index in [9.17, 15) is 4.79 Å². The van der Waals surface area contributed by atoms with Gasteiger partial charge in [-0.25, -0.2) is 0 Å². The van der Waals surface area contributed by atoms with Gasteiger partial charge in [-0.15, -0.1) is 11.6 Å². The van der Waals surface area contributed by atoms with Gasteiger partial charge in [0.15, 0.2) is 0 Å². The molecule has 1 saturated heterocycles. The van der Waals surface area contributed by atoms with E-state index in [1.165, 1.54) is 0 Å². The van der Waals surface area contributed by atoms with E-state index < -0.39 is 0 Å². The van der Waals surface area contributed by atoms with Crippen molar-refractivity contribution in [2.75, 3.05) is 19.5 Å². The summed E-state index contributed by atoms with van der Waals surface area (Å²) in [6, 6.07) is 0.472. The highest BCUT2D eigenvalue weighted by molar-refractivity contribution is 6.26. The van der Waals surface area contributed by atoms with Gasteiger partial charge in [-0.3, -0.25) is 4.79 Å². The Labute approximate surface area is 90.4 Å². The van der Waals surface area contributed by atoms with Crippen LogP contribution in [0.5, 0.6) is 0 Å². The number of esters is 1. The highest BCUT2D eigenvalue weighted by Gasteiger charge is 2.31. The molecule has 1 rings (SSSR count). The molecule has 14 heavy (non-hydrogen) atoms. The van der Waals surface area contributed by atoms with Crippen molar-refractivity contribution in [2.45, 2.75) is 32.4 Å². The van der Waals surface area contributed by atoms with Crippen molar-refractivity contribution < 1.29 is 9.53 Å². The zero-order valence-electron chi connectivity index (χ0n) is 9.00. The Balaban J connectivity index is 2.48. The van der Waals surface area contributed by atoms with Crippen LogP contribution in [0.4, 0.5) is 0 Å². The molecule has 0 aromatic heterocycles. The van der Waals surface area contributed by atoms with Crippen molar-refractivity contribution in [2.24, 2.45) is 5.92 Å². The van der Waals surface area contributed by atoms with E-state index in [4.69, 9.17) is 16.3 Å². The zero-order chi connectivity index (χ0) is 10.7. The third-order valence-corrected chi connectivity index (χ3v) is 3.15. The summed E-state index contributed by atoms with van der Waals surface area (Å²) in [5.41, 5.74) is 0. The molecule has 0 bridgehead atoms. The Bertz CT molecular complexity index is 210. The third kappa shape index (κ3) is 2.85. The lowest BCUT2D eigenvalue weighted by atomic mass is 9.92. The van der Waals surface area contributed by atoms with Gasteiger partial charge in [0, 0.05) is 18.5 Å². The summed E-state index contributed by atoms with van der Waals surface area (Å²) in [6.45, 7) is 5.23. The molecule has 0 radical (unpaired) electrons. The largest absolute Gasteiger partial charge is 0.461 e. The van der Waals surface area contributed by atoms with Crippen molar-refractivity contribution in [3.63, 3.8) is 0 Å². The predicted molar refractivity (Wildman–Crippen MR) is 56.5 cm³/mol. The van der Waals surface area contributed by atoms with Crippen molar-refractivity contribution in [1.82, 2.24) is 4.90 Å². The van der Waals surface area contributed by atoms with Gasteiger partial charge in [0.2, 0.25) is 0 Å². The molecule has 3 nitrogen and oxygen atoms in total. The fourth-order valence-electron chi connectivity index (χ4n) is 1.86. The summed E-state index contributed by atoms with van der Waals surface area (Å²) in [5, 5.41) is 0. The molecule has 3 atom stereocenters. The fourth-order valence-corrected chi connectivity index (χ4v) is 1.93. The minimum Gasteiger partial charge on any atom is -0.461 e. The molecule has 0 aromatic carbocycles.